The van der Waals surface area contributed by atoms with Gasteiger partial charge in [-0.25, -0.2) is 4.79 Å². The molecule has 10 heteroatoms. The first-order chi connectivity index (χ1) is 12.9. The van der Waals surface area contributed by atoms with Gasteiger partial charge in [-0.1, -0.05) is 27.7 Å². The molecular formula is C18H34N4O6. The van der Waals surface area contributed by atoms with Gasteiger partial charge in [0.25, 0.3) is 0 Å². The molecule has 0 aliphatic heterocycles. The van der Waals surface area contributed by atoms with Crippen LogP contribution in [-0.4, -0.2) is 64.7 Å². The minimum Gasteiger partial charge on any atom is -0.480 e. The Morgan fingerprint density at radius 1 is 0.750 bits per heavy atom. The molecule has 0 aromatic carbocycles. The maximum atomic E-state index is 12.7. The monoisotopic (exact) mass is 402 g/mol. The standard InChI is InChI=1S/C18H34N4O6/c1-9(2)6-12(20-15(24)11(5)19)16(25)21-13(7-10(3)4)17(26)22-14(8-23)18(27)28/h9-14,23H,6-8,19H2,1-5H3,(H,20,24)(H,21,25)(H,22,26)(H,27,28). The van der Waals surface area contributed by atoms with Crippen LogP contribution in [0, 0.1) is 11.8 Å². The van der Waals surface area contributed by atoms with Gasteiger partial charge < -0.3 is 31.9 Å². The third-order valence-electron chi connectivity index (χ3n) is 3.89. The predicted molar refractivity (Wildman–Crippen MR) is 103 cm³/mol. The summed E-state index contributed by atoms with van der Waals surface area (Å²) in [4.78, 5) is 48.1. The number of aliphatic hydroxyl groups excluding tert-OH is 1. The quantitative estimate of drug-likeness (QED) is 0.242. The van der Waals surface area contributed by atoms with Crippen LogP contribution in [0.2, 0.25) is 0 Å². The van der Waals surface area contributed by atoms with Gasteiger partial charge in [0.15, 0.2) is 0 Å². The molecule has 0 fully saturated rings. The van der Waals surface area contributed by atoms with Crippen molar-refractivity contribution in [2.24, 2.45) is 17.6 Å². The molecule has 0 saturated heterocycles. The fraction of sp³-hybridized carbons (Fsp3) is 0.778. The average molecular weight is 402 g/mol. The number of amides is 3. The number of rotatable bonds is 12. The normalized spacial score (nSPS) is 15.5. The lowest BCUT2D eigenvalue weighted by Crippen LogP contribution is -2.57. The number of aliphatic carboxylic acids is 1. The molecule has 0 rings (SSSR count). The number of carbonyl (C=O) groups excluding carboxylic acids is 3. The molecular weight excluding hydrogens is 368 g/mol. The number of hydrogen-bond acceptors (Lipinski definition) is 6. The number of nitrogens with one attached hydrogen (secondary N) is 3. The third kappa shape index (κ3) is 9.65. The van der Waals surface area contributed by atoms with Crippen LogP contribution in [0.15, 0.2) is 0 Å². The van der Waals surface area contributed by atoms with Crippen molar-refractivity contribution in [3.8, 4) is 0 Å². The van der Waals surface area contributed by atoms with Crippen LogP contribution in [0.3, 0.4) is 0 Å². The van der Waals surface area contributed by atoms with E-state index in [1.54, 1.807) is 0 Å². The van der Waals surface area contributed by atoms with E-state index in [0.717, 1.165) is 0 Å². The fourth-order valence-electron chi connectivity index (χ4n) is 2.44. The highest BCUT2D eigenvalue weighted by Crippen LogP contribution is 2.09. The summed E-state index contributed by atoms with van der Waals surface area (Å²) in [6, 6.07) is -4.15. The van der Waals surface area contributed by atoms with Gasteiger partial charge in [-0.3, -0.25) is 14.4 Å². The molecule has 10 nitrogen and oxygen atoms in total. The van der Waals surface area contributed by atoms with Gasteiger partial charge in [0, 0.05) is 0 Å². The van der Waals surface area contributed by atoms with Crippen molar-refractivity contribution < 1.29 is 29.4 Å². The van der Waals surface area contributed by atoms with Gasteiger partial charge >= 0.3 is 5.97 Å². The summed E-state index contributed by atoms with van der Waals surface area (Å²) in [6.07, 6.45) is 0.597. The van der Waals surface area contributed by atoms with Gasteiger partial charge in [-0.15, -0.1) is 0 Å². The first kappa shape index (κ1) is 25.8. The summed E-state index contributed by atoms with van der Waals surface area (Å²) in [6.45, 7) is 8.18. The van der Waals surface area contributed by atoms with Crippen LogP contribution in [0.25, 0.3) is 0 Å². The Labute approximate surface area is 165 Å². The van der Waals surface area contributed by atoms with Crippen LogP contribution < -0.4 is 21.7 Å². The summed E-state index contributed by atoms with van der Waals surface area (Å²) in [5.74, 6) is -3.03. The number of nitrogens with two attached hydrogens (primary N) is 1. The largest absolute Gasteiger partial charge is 0.480 e. The van der Waals surface area contributed by atoms with E-state index in [9.17, 15) is 19.2 Å². The molecule has 0 saturated carbocycles. The lowest BCUT2D eigenvalue weighted by molar-refractivity contribution is -0.143. The van der Waals surface area contributed by atoms with Crippen molar-refractivity contribution in [3.05, 3.63) is 0 Å². The number of hydrogen-bond donors (Lipinski definition) is 6. The molecule has 0 bridgehead atoms. The van der Waals surface area contributed by atoms with E-state index < -0.39 is 54.5 Å². The van der Waals surface area contributed by atoms with Gasteiger partial charge in [0.05, 0.1) is 12.6 Å². The second-order valence-electron chi connectivity index (χ2n) is 7.75. The second kappa shape index (κ2) is 12.3. The Morgan fingerprint density at radius 2 is 1.11 bits per heavy atom. The van der Waals surface area contributed by atoms with Crippen molar-refractivity contribution in [2.75, 3.05) is 6.61 Å². The Bertz CT molecular complexity index is 550. The Kier molecular flexibility index (Phi) is 11.3. The minimum absolute atomic E-state index is 0.0238. The summed E-state index contributed by atoms with van der Waals surface area (Å²) in [5, 5.41) is 25.4. The third-order valence-corrected chi connectivity index (χ3v) is 3.89. The highest BCUT2D eigenvalue weighted by Gasteiger charge is 2.30. The molecule has 0 aliphatic rings. The van der Waals surface area contributed by atoms with Gasteiger partial charge in [-0.2, -0.15) is 0 Å². The van der Waals surface area contributed by atoms with Crippen LogP contribution >= 0.6 is 0 Å². The molecule has 0 aliphatic carbocycles. The second-order valence-corrected chi connectivity index (χ2v) is 7.75. The van der Waals surface area contributed by atoms with Gasteiger partial charge in [-0.05, 0) is 31.6 Å². The highest BCUT2D eigenvalue weighted by atomic mass is 16.4. The van der Waals surface area contributed by atoms with Crippen molar-refractivity contribution in [2.45, 2.75) is 71.6 Å². The zero-order valence-corrected chi connectivity index (χ0v) is 17.2. The first-order valence-corrected chi connectivity index (χ1v) is 9.39. The van der Waals surface area contributed by atoms with E-state index in [2.05, 4.69) is 16.0 Å². The molecule has 0 heterocycles. The van der Waals surface area contributed by atoms with Crippen LogP contribution in [-0.2, 0) is 19.2 Å². The van der Waals surface area contributed by atoms with Gasteiger partial charge in [0.2, 0.25) is 17.7 Å². The number of aliphatic hydroxyl groups is 1. The zero-order valence-electron chi connectivity index (χ0n) is 17.2. The Morgan fingerprint density at radius 3 is 1.39 bits per heavy atom. The van der Waals surface area contributed by atoms with Crippen LogP contribution in [0.5, 0.6) is 0 Å². The predicted octanol–water partition coefficient (Wildman–Crippen LogP) is -1.04. The van der Waals surface area contributed by atoms with Crippen LogP contribution in [0.1, 0.15) is 47.5 Å². The molecule has 3 amide bonds. The average Bonchev–Trinajstić information content (AvgIpc) is 2.56. The van der Waals surface area contributed by atoms with E-state index in [4.69, 9.17) is 15.9 Å². The number of carboxylic acids is 1. The summed E-state index contributed by atoms with van der Waals surface area (Å²) in [7, 11) is 0. The molecule has 162 valence electrons. The molecule has 4 unspecified atom stereocenters. The van der Waals surface area contributed by atoms with Crippen molar-refractivity contribution in [1.82, 2.24) is 16.0 Å². The van der Waals surface area contributed by atoms with Crippen molar-refractivity contribution in [3.63, 3.8) is 0 Å². The molecule has 0 aromatic heterocycles. The smallest absolute Gasteiger partial charge is 0.328 e. The van der Waals surface area contributed by atoms with Gasteiger partial charge in [0.1, 0.15) is 18.1 Å². The Hall–Kier alpha value is -2.20. The highest BCUT2D eigenvalue weighted by molar-refractivity contribution is 5.94. The van der Waals surface area contributed by atoms with E-state index in [0.29, 0.717) is 6.42 Å². The molecule has 7 N–H and O–H groups in total. The molecule has 0 spiro atoms. The van der Waals surface area contributed by atoms with E-state index in [-0.39, 0.29) is 18.3 Å². The molecule has 0 radical (unpaired) electrons. The summed E-state index contributed by atoms with van der Waals surface area (Å²) in [5.41, 5.74) is 5.54. The van der Waals surface area contributed by atoms with E-state index >= 15 is 0 Å². The molecule has 28 heavy (non-hydrogen) atoms. The number of carbonyl (C=O) groups is 4. The SMILES string of the molecule is CC(C)CC(NC(=O)C(C)N)C(=O)NC(CC(C)C)C(=O)NC(CO)C(=O)O. The fourth-order valence-corrected chi connectivity index (χ4v) is 2.44. The zero-order chi connectivity index (χ0) is 22.0. The lowest BCUT2D eigenvalue weighted by atomic mass is 9.99. The van der Waals surface area contributed by atoms with E-state index in [1.165, 1.54) is 6.92 Å². The first-order valence-electron chi connectivity index (χ1n) is 9.39. The maximum absolute atomic E-state index is 12.7. The van der Waals surface area contributed by atoms with Crippen LogP contribution in [0.4, 0.5) is 0 Å². The maximum Gasteiger partial charge on any atom is 0.328 e. The summed E-state index contributed by atoms with van der Waals surface area (Å²) >= 11 is 0. The summed E-state index contributed by atoms with van der Waals surface area (Å²) < 4.78 is 0. The molecule has 4 atom stereocenters. The minimum atomic E-state index is -1.47. The Balaban J connectivity index is 5.33. The van der Waals surface area contributed by atoms with Crippen molar-refractivity contribution >= 4 is 23.7 Å². The number of carboxylic acid groups (broad SMARTS) is 1. The van der Waals surface area contributed by atoms with E-state index in [1.807, 2.05) is 27.7 Å². The lowest BCUT2D eigenvalue weighted by Gasteiger charge is -2.26. The molecule has 0 aromatic rings. The topological polar surface area (TPSA) is 171 Å². The van der Waals surface area contributed by atoms with Crippen molar-refractivity contribution in [1.29, 1.82) is 0 Å².